The lowest BCUT2D eigenvalue weighted by Gasteiger charge is -2.09. The van der Waals surface area contributed by atoms with E-state index in [2.05, 4.69) is 10.4 Å². The molecular weight excluding hydrogens is 358 g/mol. The average molecular weight is 377 g/mol. The number of para-hydroxylation sites is 1. The fourth-order valence-corrected chi connectivity index (χ4v) is 2.63. The number of Topliss-reactive ketones (excluding diaryl/α,β-unsaturated/α-hetero) is 1. The monoisotopic (exact) mass is 377 g/mol. The Bertz CT molecular complexity index is 996. The fourth-order valence-electron chi connectivity index (χ4n) is 2.63. The number of esters is 1. The molecule has 3 rings (SSSR count). The number of rotatable bonds is 7. The van der Waals surface area contributed by atoms with Gasteiger partial charge in [0.15, 0.2) is 12.4 Å². The maximum atomic E-state index is 12.1. The van der Waals surface area contributed by atoms with Crippen LogP contribution in [0.25, 0.3) is 0 Å². The molecule has 0 radical (unpaired) electrons. The van der Waals surface area contributed by atoms with Crippen molar-refractivity contribution in [1.29, 1.82) is 0 Å². The third-order valence-electron chi connectivity index (χ3n) is 3.97. The van der Waals surface area contributed by atoms with Crippen molar-refractivity contribution < 1.29 is 19.1 Å². The van der Waals surface area contributed by atoms with Gasteiger partial charge in [0.05, 0.1) is 24.0 Å². The molecule has 7 nitrogen and oxygen atoms in total. The molecule has 0 saturated heterocycles. The summed E-state index contributed by atoms with van der Waals surface area (Å²) in [4.78, 5) is 35.8. The Morgan fingerprint density at radius 3 is 2.50 bits per heavy atom. The van der Waals surface area contributed by atoms with Gasteiger partial charge in [0.1, 0.15) is 0 Å². The summed E-state index contributed by atoms with van der Waals surface area (Å²) in [6, 6.07) is 16.3. The quantitative estimate of drug-likeness (QED) is 0.505. The van der Waals surface area contributed by atoms with Gasteiger partial charge in [-0.05, 0) is 24.6 Å². The summed E-state index contributed by atoms with van der Waals surface area (Å²) >= 11 is 0. The third-order valence-corrected chi connectivity index (χ3v) is 3.97. The van der Waals surface area contributed by atoms with Crippen molar-refractivity contribution in [3.05, 3.63) is 83.7 Å². The standard InChI is InChI=1S/C21H19N3O4/c1-15(25)18-9-5-6-10-19(18)23-20(26)14-28-21(27)17-11-22-24(13-17)12-16-7-3-2-4-8-16/h2-11,13H,12,14H2,1H3,(H,23,26). The molecular formula is C21H19N3O4. The second kappa shape index (κ2) is 8.77. The lowest BCUT2D eigenvalue weighted by atomic mass is 10.1. The normalized spacial score (nSPS) is 10.3. The molecule has 7 heteroatoms. The van der Waals surface area contributed by atoms with Crippen LogP contribution in [0.1, 0.15) is 33.2 Å². The Labute approximate surface area is 161 Å². The number of nitrogens with one attached hydrogen (secondary N) is 1. The van der Waals surface area contributed by atoms with Gasteiger partial charge in [-0.3, -0.25) is 14.3 Å². The molecule has 0 aliphatic carbocycles. The van der Waals surface area contributed by atoms with Crippen LogP contribution in [0.3, 0.4) is 0 Å². The van der Waals surface area contributed by atoms with E-state index >= 15 is 0 Å². The fraction of sp³-hybridized carbons (Fsp3) is 0.143. The van der Waals surface area contributed by atoms with E-state index in [-0.39, 0.29) is 11.3 Å². The van der Waals surface area contributed by atoms with Crippen molar-refractivity contribution in [2.45, 2.75) is 13.5 Å². The molecule has 0 bridgehead atoms. The van der Waals surface area contributed by atoms with Crippen molar-refractivity contribution in [2.75, 3.05) is 11.9 Å². The Morgan fingerprint density at radius 2 is 1.75 bits per heavy atom. The molecule has 1 aromatic heterocycles. The summed E-state index contributed by atoms with van der Waals surface area (Å²) < 4.78 is 6.66. The smallest absolute Gasteiger partial charge is 0.341 e. The molecule has 28 heavy (non-hydrogen) atoms. The topological polar surface area (TPSA) is 90.3 Å². The van der Waals surface area contributed by atoms with E-state index in [4.69, 9.17) is 4.74 Å². The first kappa shape index (κ1) is 19.0. The van der Waals surface area contributed by atoms with Crippen LogP contribution in [0, 0.1) is 0 Å². The van der Waals surface area contributed by atoms with Gasteiger partial charge < -0.3 is 10.1 Å². The zero-order chi connectivity index (χ0) is 19.9. The van der Waals surface area contributed by atoms with Crippen molar-refractivity contribution in [1.82, 2.24) is 9.78 Å². The summed E-state index contributed by atoms with van der Waals surface area (Å²) in [7, 11) is 0. The number of aromatic nitrogens is 2. The van der Waals surface area contributed by atoms with Crippen LogP contribution < -0.4 is 5.32 Å². The second-order valence-electron chi connectivity index (χ2n) is 6.14. The summed E-state index contributed by atoms with van der Waals surface area (Å²) in [5.74, 6) is -1.34. The molecule has 3 aromatic rings. The van der Waals surface area contributed by atoms with Crippen LogP contribution in [0.4, 0.5) is 5.69 Å². The minimum Gasteiger partial charge on any atom is -0.452 e. The predicted molar refractivity (Wildman–Crippen MR) is 103 cm³/mol. The lowest BCUT2D eigenvalue weighted by Crippen LogP contribution is -2.21. The molecule has 0 atom stereocenters. The maximum absolute atomic E-state index is 12.1. The first-order valence-corrected chi connectivity index (χ1v) is 8.66. The SMILES string of the molecule is CC(=O)c1ccccc1NC(=O)COC(=O)c1cnn(Cc2ccccc2)c1. The molecule has 1 amide bonds. The summed E-state index contributed by atoms with van der Waals surface area (Å²) in [6.45, 7) is 1.48. The van der Waals surface area contributed by atoms with Gasteiger partial charge in [-0.25, -0.2) is 4.79 Å². The van der Waals surface area contributed by atoms with Gasteiger partial charge >= 0.3 is 5.97 Å². The van der Waals surface area contributed by atoms with Gasteiger partial charge in [0.2, 0.25) is 0 Å². The molecule has 0 saturated carbocycles. The lowest BCUT2D eigenvalue weighted by molar-refractivity contribution is -0.119. The number of hydrogen-bond acceptors (Lipinski definition) is 5. The molecule has 0 spiro atoms. The summed E-state index contributed by atoms with van der Waals surface area (Å²) in [5.41, 5.74) is 2.08. The molecule has 2 aromatic carbocycles. The minimum absolute atomic E-state index is 0.168. The van der Waals surface area contributed by atoms with E-state index in [1.54, 1.807) is 35.1 Å². The first-order chi connectivity index (χ1) is 13.5. The Kier molecular flexibility index (Phi) is 5.96. The Hall–Kier alpha value is -3.74. The van der Waals surface area contributed by atoms with Crippen LogP contribution in [0.15, 0.2) is 67.0 Å². The number of anilines is 1. The van der Waals surface area contributed by atoms with E-state index in [1.807, 2.05) is 30.3 Å². The van der Waals surface area contributed by atoms with Gasteiger partial charge in [-0.15, -0.1) is 0 Å². The zero-order valence-electron chi connectivity index (χ0n) is 15.3. The first-order valence-electron chi connectivity index (χ1n) is 8.66. The van der Waals surface area contributed by atoms with Gasteiger partial charge in [-0.2, -0.15) is 5.10 Å². The number of amides is 1. The number of carbonyl (C=O) groups excluding carboxylic acids is 3. The molecule has 1 heterocycles. The molecule has 0 fully saturated rings. The Morgan fingerprint density at radius 1 is 1.04 bits per heavy atom. The number of nitrogens with zero attached hydrogens (tertiary/aromatic N) is 2. The molecule has 0 unspecified atom stereocenters. The highest BCUT2D eigenvalue weighted by molar-refractivity contribution is 6.04. The van der Waals surface area contributed by atoms with Crippen LogP contribution >= 0.6 is 0 Å². The second-order valence-corrected chi connectivity index (χ2v) is 6.14. The number of ether oxygens (including phenoxy) is 1. The van der Waals surface area contributed by atoms with Crippen LogP contribution in [-0.4, -0.2) is 34.0 Å². The third kappa shape index (κ3) is 4.91. The molecule has 1 N–H and O–H groups in total. The van der Waals surface area contributed by atoms with E-state index in [9.17, 15) is 14.4 Å². The van der Waals surface area contributed by atoms with Crippen LogP contribution in [-0.2, 0) is 16.1 Å². The van der Waals surface area contributed by atoms with E-state index in [0.717, 1.165) is 5.56 Å². The van der Waals surface area contributed by atoms with Crippen molar-refractivity contribution in [2.24, 2.45) is 0 Å². The van der Waals surface area contributed by atoms with Crippen molar-refractivity contribution in [3.63, 3.8) is 0 Å². The summed E-state index contributed by atoms with van der Waals surface area (Å²) in [5, 5.41) is 6.71. The maximum Gasteiger partial charge on any atom is 0.341 e. The number of benzene rings is 2. The van der Waals surface area contributed by atoms with Crippen molar-refractivity contribution in [3.8, 4) is 0 Å². The van der Waals surface area contributed by atoms with E-state index in [1.165, 1.54) is 13.1 Å². The molecule has 142 valence electrons. The van der Waals surface area contributed by atoms with Crippen molar-refractivity contribution >= 4 is 23.3 Å². The average Bonchev–Trinajstić information content (AvgIpc) is 3.16. The number of hydrogen-bond donors (Lipinski definition) is 1. The highest BCUT2D eigenvalue weighted by Crippen LogP contribution is 2.15. The zero-order valence-corrected chi connectivity index (χ0v) is 15.3. The predicted octanol–water partition coefficient (Wildman–Crippen LogP) is 2.93. The van der Waals surface area contributed by atoms with E-state index < -0.39 is 18.5 Å². The van der Waals surface area contributed by atoms with E-state index in [0.29, 0.717) is 17.8 Å². The molecule has 0 aliphatic rings. The molecule has 0 aliphatic heterocycles. The van der Waals surface area contributed by atoms with Gasteiger partial charge in [0, 0.05) is 11.8 Å². The van der Waals surface area contributed by atoms with Gasteiger partial charge in [0.25, 0.3) is 5.91 Å². The Balaban J connectivity index is 1.54. The largest absolute Gasteiger partial charge is 0.452 e. The minimum atomic E-state index is -0.644. The highest BCUT2D eigenvalue weighted by atomic mass is 16.5. The highest BCUT2D eigenvalue weighted by Gasteiger charge is 2.14. The van der Waals surface area contributed by atoms with Crippen LogP contribution in [0.2, 0.25) is 0 Å². The summed E-state index contributed by atoms with van der Waals surface area (Å²) in [6.07, 6.45) is 2.96. The van der Waals surface area contributed by atoms with Gasteiger partial charge in [-0.1, -0.05) is 42.5 Å². The number of ketones is 1. The number of carbonyl (C=O) groups is 3. The van der Waals surface area contributed by atoms with Crippen LogP contribution in [0.5, 0.6) is 0 Å².